The Morgan fingerprint density at radius 3 is 2.68 bits per heavy atom. The van der Waals surface area contributed by atoms with Crippen LogP contribution in [0.4, 0.5) is 4.79 Å². The number of amides is 1. The van der Waals surface area contributed by atoms with E-state index in [9.17, 15) is 9.59 Å². The first-order valence-electron chi connectivity index (χ1n) is 7.38. The van der Waals surface area contributed by atoms with Gasteiger partial charge >= 0.3 is 6.09 Å². The molecule has 19 heavy (non-hydrogen) atoms. The molecule has 2 aliphatic rings. The average molecular weight is 267 g/mol. The van der Waals surface area contributed by atoms with E-state index < -0.39 is 5.60 Å². The zero-order valence-corrected chi connectivity index (χ0v) is 12.3. The molecule has 1 saturated carbocycles. The normalized spacial score (nSPS) is 28.6. The highest BCUT2D eigenvalue weighted by Crippen LogP contribution is 2.33. The minimum absolute atomic E-state index is 0.0681. The van der Waals surface area contributed by atoms with Crippen LogP contribution >= 0.6 is 0 Å². The van der Waals surface area contributed by atoms with Gasteiger partial charge in [0.15, 0.2) is 0 Å². The van der Waals surface area contributed by atoms with Crippen molar-refractivity contribution in [1.29, 1.82) is 0 Å². The number of fused-ring (bicyclic) bond motifs is 1. The first-order valence-corrected chi connectivity index (χ1v) is 7.38. The van der Waals surface area contributed by atoms with Gasteiger partial charge in [0.25, 0.3) is 0 Å². The Morgan fingerprint density at radius 2 is 2.00 bits per heavy atom. The van der Waals surface area contributed by atoms with Crippen molar-refractivity contribution < 1.29 is 14.3 Å². The summed E-state index contributed by atoms with van der Waals surface area (Å²) < 4.78 is 5.49. The van der Waals surface area contributed by atoms with Crippen LogP contribution in [-0.4, -0.2) is 35.0 Å². The zero-order valence-electron chi connectivity index (χ0n) is 12.3. The van der Waals surface area contributed by atoms with Crippen LogP contribution in [0.2, 0.25) is 0 Å². The summed E-state index contributed by atoms with van der Waals surface area (Å²) in [5, 5.41) is 0. The maximum absolute atomic E-state index is 12.3. The van der Waals surface area contributed by atoms with E-state index in [-0.39, 0.29) is 17.9 Å². The number of likely N-dealkylation sites (tertiary alicyclic amines) is 1. The third-order valence-electron chi connectivity index (χ3n) is 4.03. The van der Waals surface area contributed by atoms with Gasteiger partial charge in [-0.05, 0) is 46.0 Å². The number of ether oxygens (including phenoxy) is 1. The van der Waals surface area contributed by atoms with E-state index in [1.54, 1.807) is 0 Å². The second kappa shape index (κ2) is 5.51. The van der Waals surface area contributed by atoms with Crippen LogP contribution in [0.1, 0.15) is 59.3 Å². The van der Waals surface area contributed by atoms with Gasteiger partial charge in [-0.2, -0.15) is 0 Å². The van der Waals surface area contributed by atoms with Crippen molar-refractivity contribution in [3.63, 3.8) is 0 Å². The summed E-state index contributed by atoms with van der Waals surface area (Å²) in [6.07, 6.45) is 5.18. The summed E-state index contributed by atoms with van der Waals surface area (Å²) >= 11 is 0. The highest BCUT2D eigenvalue weighted by atomic mass is 16.6. The fourth-order valence-electron chi connectivity index (χ4n) is 3.14. The molecule has 108 valence electrons. The van der Waals surface area contributed by atoms with Crippen molar-refractivity contribution in [3.05, 3.63) is 0 Å². The predicted octanol–water partition coefficient (Wildman–Crippen LogP) is 3.15. The van der Waals surface area contributed by atoms with Crippen molar-refractivity contribution >= 4 is 11.9 Å². The van der Waals surface area contributed by atoms with E-state index in [0.29, 0.717) is 18.8 Å². The molecule has 0 aromatic rings. The minimum Gasteiger partial charge on any atom is -0.444 e. The third kappa shape index (κ3) is 3.71. The maximum Gasteiger partial charge on any atom is 0.410 e. The second-order valence-corrected chi connectivity index (χ2v) is 6.78. The average Bonchev–Trinajstić information content (AvgIpc) is 2.48. The van der Waals surface area contributed by atoms with Crippen molar-refractivity contribution in [2.75, 3.05) is 6.54 Å². The number of nitrogens with zero attached hydrogens (tertiary/aromatic N) is 1. The van der Waals surface area contributed by atoms with Crippen molar-refractivity contribution in [3.8, 4) is 0 Å². The number of carbonyl (C=O) groups is 2. The summed E-state index contributed by atoms with van der Waals surface area (Å²) in [5.74, 6) is 0.768. The molecule has 2 atom stereocenters. The smallest absolute Gasteiger partial charge is 0.410 e. The van der Waals surface area contributed by atoms with Crippen LogP contribution in [0.3, 0.4) is 0 Å². The molecular formula is C15H25NO3. The second-order valence-electron chi connectivity index (χ2n) is 6.78. The lowest BCUT2D eigenvalue weighted by Gasteiger charge is -2.38. The van der Waals surface area contributed by atoms with Crippen LogP contribution < -0.4 is 0 Å². The Bertz CT molecular complexity index is 359. The maximum atomic E-state index is 12.3. The van der Waals surface area contributed by atoms with Gasteiger partial charge in [0.1, 0.15) is 11.4 Å². The lowest BCUT2D eigenvalue weighted by molar-refractivity contribution is -0.123. The zero-order chi connectivity index (χ0) is 14.0. The molecule has 0 bridgehead atoms. The fraction of sp³-hybridized carbons (Fsp3) is 0.867. The van der Waals surface area contributed by atoms with Gasteiger partial charge in [-0.25, -0.2) is 4.79 Å². The van der Waals surface area contributed by atoms with E-state index in [4.69, 9.17) is 4.74 Å². The van der Waals surface area contributed by atoms with Gasteiger partial charge in [-0.1, -0.05) is 6.42 Å². The van der Waals surface area contributed by atoms with Crippen LogP contribution in [0, 0.1) is 5.92 Å². The van der Waals surface area contributed by atoms with E-state index in [1.807, 2.05) is 25.7 Å². The summed E-state index contributed by atoms with van der Waals surface area (Å²) in [7, 11) is 0. The summed E-state index contributed by atoms with van der Waals surface area (Å²) in [6, 6.07) is 0.0681. The monoisotopic (exact) mass is 267 g/mol. The van der Waals surface area contributed by atoms with Crippen LogP contribution in [0.5, 0.6) is 0 Å². The molecule has 1 heterocycles. The van der Waals surface area contributed by atoms with E-state index in [0.717, 1.165) is 32.2 Å². The molecule has 2 rings (SSSR count). The summed E-state index contributed by atoms with van der Waals surface area (Å²) in [6.45, 7) is 6.37. The number of Topliss-reactive ketones (excluding diaryl/α,β-unsaturated/α-hetero) is 1. The van der Waals surface area contributed by atoms with Gasteiger partial charge in [-0.3, -0.25) is 4.79 Å². The molecule has 0 N–H and O–H groups in total. The van der Waals surface area contributed by atoms with Crippen LogP contribution in [-0.2, 0) is 9.53 Å². The van der Waals surface area contributed by atoms with Gasteiger partial charge < -0.3 is 9.64 Å². The first kappa shape index (κ1) is 14.4. The van der Waals surface area contributed by atoms with Crippen molar-refractivity contribution in [2.45, 2.75) is 70.9 Å². The first-order chi connectivity index (χ1) is 8.87. The molecule has 0 spiro atoms. The topological polar surface area (TPSA) is 46.6 Å². The predicted molar refractivity (Wildman–Crippen MR) is 72.9 cm³/mol. The fourth-order valence-corrected chi connectivity index (χ4v) is 3.14. The molecule has 2 fully saturated rings. The minimum atomic E-state index is -0.475. The largest absolute Gasteiger partial charge is 0.444 e. The molecule has 1 saturated heterocycles. The molecule has 4 heteroatoms. The molecule has 0 radical (unpaired) electrons. The Balaban J connectivity index is 2.11. The number of hydrogen-bond acceptors (Lipinski definition) is 3. The van der Waals surface area contributed by atoms with E-state index in [1.165, 1.54) is 0 Å². The van der Waals surface area contributed by atoms with Gasteiger partial charge in [0.05, 0.1) is 0 Å². The molecule has 4 nitrogen and oxygen atoms in total. The Morgan fingerprint density at radius 1 is 1.26 bits per heavy atom. The molecule has 1 aliphatic carbocycles. The van der Waals surface area contributed by atoms with E-state index in [2.05, 4.69) is 0 Å². The molecule has 1 amide bonds. The van der Waals surface area contributed by atoms with Crippen molar-refractivity contribution in [1.82, 2.24) is 4.90 Å². The van der Waals surface area contributed by atoms with Crippen molar-refractivity contribution in [2.24, 2.45) is 5.92 Å². The number of hydrogen-bond donors (Lipinski definition) is 0. The molecular weight excluding hydrogens is 242 g/mol. The van der Waals surface area contributed by atoms with Crippen LogP contribution in [0.15, 0.2) is 0 Å². The highest BCUT2D eigenvalue weighted by molar-refractivity contribution is 5.81. The number of ketones is 1. The SMILES string of the molecule is CC(C)(C)OC(=O)N1CCCCC2CCC(=O)CC21. The van der Waals surface area contributed by atoms with Gasteiger partial charge in [0.2, 0.25) is 0 Å². The lowest BCUT2D eigenvalue weighted by Crippen LogP contribution is -2.48. The van der Waals surface area contributed by atoms with Gasteiger partial charge in [-0.15, -0.1) is 0 Å². The number of carbonyl (C=O) groups excluding carboxylic acids is 2. The lowest BCUT2D eigenvalue weighted by atomic mass is 9.81. The van der Waals surface area contributed by atoms with Gasteiger partial charge in [0, 0.05) is 25.4 Å². The Labute approximate surface area is 115 Å². The molecule has 0 aromatic carbocycles. The van der Waals surface area contributed by atoms with E-state index >= 15 is 0 Å². The quantitative estimate of drug-likeness (QED) is 0.677. The standard InChI is InChI=1S/C15H25NO3/c1-15(2,3)19-14(18)16-9-5-4-6-11-7-8-12(17)10-13(11)16/h11,13H,4-10H2,1-3H3. The molecule has 2 unspecified atom stereocenters. The number of rotatable bonds is 0. The Kier molecular flexibility index (Phi) is 4.16. The summed E-state index contributed by atoms with van der Waals surface area (Å²) in [4.78, 5) is 25.8. The molecule has 0 aromatic heterocycles. The Hall–Kier alpha value is -1.06. The third-order valence-corrected chi connectivity index (χ3v) is 4.03. The van der Waals surface area contributed by atoms with Crippen LogP contribution in [0.25, 0.3) is 0 Å². The highest BCUT2D eigenvalue weighted by Gasteiger charge is 2.38. The summed E-state index contributed by atoms with van der Waals surface area (Å²) in [5.41, 5.74) is -0.475. The molecule has 1 aliphatic heterocycles.